The number of aldehydes is 1. The Morgan fingerprint density at radius 3 is 2.36 bits per heavy atom. The van der Waals surface area contributed by atoms with Crippen molar-refractivity contribution < 1.29 is 53.0 Å². The van der Waals surface area contributed by atoms with E-state index in [1.165, 1.54) is 21.1 Å². The quantitative estimate of drug-likeness (QED) is 0.246. The van der Waals surface area contributed by atoms with Crippen molar-refractivity contribution in [3.63, 3.8) is 0 Å². The minimum atomic E-state index is -1.29. The normalized spacial score (nSPS) is 50.1. The summed E-state index contributed by atoms with van der Waals surface area (Å²) < 4.78 is 34.7. The molecule has 0 unspecified atom stereocenters. The third kappa shape index (κ3) is 4.63. The van der Waals surface area contributed by atoms with Crippen LogP contribution in [-0.4, -0.2) is 97.3 Å². The maximum atomic E-state index is 13.2. The van der Waals surface area contributed by atoms with Crippen molar-refractivity contribution in [2.24, 2.45) is 28.6 Å². The van der Waals surface area contributed by atoms with Crippen molar-refractivity contribution in [2.45, 2.75) is 127 Å². The van der Waals surface area contributed by atoms with Gasteiger partial charge in [0.25, 0.3) is 0 Å². The minimum Gasteiger partial charge on any atom is -0.458 e. The predicted molar refractivity (Wildman–Crippen MR) is 154 cm³/mol. The van der Waals surface area contributed by atoms with Gasteiger partial charge in [-0.15, -0.1) is 0 Å². The van der Waals surface area contributed by atoms with Gasteiger partial charge in [-0.2, -0.15) is 0 Å². The molecule has 0 aromatic carbocycles. The molecule has 0 bridgehead atoms. The van der Waals surface area contributed by atoms with Crippen LogP contribution in [0.5, 0.6) is 0 Å². The molecule has 0 aromatic rings. The predicted octanol–water partition coefficient (Wildman–Crippen LogP) is 2.63. The Balaban J connectivity index is 1.20. The van der Waals surface area contributed by atoms with Gasteiger partial charge in [0.05, 0.1) is 28.8 Å². The van der Waals surface area contributed by atoms with Crippen molar-refractivity contribution >= 4 is 18.2 Å². The summed E-state index contributed by atoms with van der Waals surface area (Å²) in [5.74, 6) is -1.00. The first-order valence-electron chi connectivity index (χ1n) is 16.2. The van der Waals surface area contributed by atoms with Crippen LogP contribution in [0.3, 0.4) is 0 Å². The van der Waals surface area contributed by atoms with Crippen LogP contribution in [0.25, 0.3) is 0 Å². The van der Waals surface area contributed by atoms with E-state index in [1.807, 2.05) is 0 Å². The Bertz CT molecular complexity index is 1190. The lowest BCUT2D eigenvalue weighted by Crippen LogP contribution is -2.69. The maximum Gasteiger partial charge on any atom is 0.331 e. The first kappa shape index (κ1) is 32.1. The lowest BCUT2D eigenvalue weighted by molar-refractivity contribution is -0.324. The number of carbonyl (C=O) groups is 3. The highest BCUT2D eigenvalue weighted by atomic mass is 16.7. The van der Waals surface area contributed by atoms with E-state index < -0.39 is 64.8 Å². The highest BCUT2D eigenvalue weighted by Gasteiger charge is 2.71. The number of rotatable bonds is 7. The van der Waals surface area contributed by atoms with Crippen LogP contribution in [0.1, 0.15) is 78.6 Å². The van der Waals surface area contributed by atoms with E-state index in [0.29, 0.717) is 38.5 Å². The first-order valence-corrected chi connectivity index (χ1v) is 16.2. The number of hydrogen-bond donors (Lipinski definition) is 2. The van der Waals surface area contributed by atoms with Gasteiger partial charge in [0, 0.05) is 39.1 Å². The van der Waals surface area contributed by atoms with Crippen molar-refractivity contribution in [3.8, 4) is 0 Å². The van der Waals surface area contributed by atoms with Crippen molar-refractivity contribution in [3.05, 3.63) is 11.6 Å². The molecule has 4 aliphatic carbocycles. The van der Waals surface area contributed by atoms with Crippen LogP contribution in [-0.2, 0) is 42.8 Å². The van der Waals surface area contributed by atoms with Gasteiger partial charge in [-0.05, 0) is 81.6 Å². The van der Waals surface area contributed by atoms with Gasteiger partial charge in [-0.1, -0.05) is 6.92 Å². The van der Waals surface area contributed by atoms with E-state index in [2.05, 4.69) is 6.92 Å². The number of aliphatic hydroxyl groups is 2. The third-order valence-corrected chi connectivity index (χ3v) is 12.7. The standard InChI is InChI=1S/C33H48O11/c1-18-26(43-19(2)35)27(39-4)28(40-5)29(42-18)44-21-6-11-31(17-34)23-7-10-30(3)22(20-14-25(36)41-16-20)9-13-33(30,38)24(23)8-12-32(31,37)15-21/h14,17-18,21-24,26-29,37-38H,6-13,15-16H2,1-5H3/t18-,21+,22+,23-,24+,26+,27+,28-,29-,30+,31-,32-,33+/m0/s1. The van der Waals surface area contributed by atoms with Gasteiger partial charge in [-0.25, -0.2) is 4.79 Å². The summed E-state index contributed by atoms with van der Waals surface area (Å²) in [5, 5.41) is 24.8. The molecule has 6 rings (SSSR count). The molecule has 44 heavy (non-hydrogen) atoms. The zero-order valence-corrected chi connectivity index (χ0v) is 26.5. The summed E-state index contributed by atoms with van der Waals surface area (Å²) in [5.41, 5.74) is -2.75. The molecule has 1 saturated heterocycles. The molecule has 0 amide bonds. The molecule has 2 aliphatic heterocycles. The zero-order chi connectivity index (χ0) is 31.7. The summed E-state index contributed by atoms with van der Waals surface area (Å²) >= 11 is 0. The average molecular weight is 621 g/mol. The Kier molecular flexibility index (Phi) is 8.32. The van der Waals surface area contributed by atoms with Crippen LogP contribution in [0.2, 0.25) is 0 Å². The maximum absolute atomic E-state index is 13.2. The van der Waals surface area contributed by atoms with Gasteiger partial charge < -0.3 is 43.4 Å². The second-order valence-electron chi connectivity index (χ2n) is 14.4. The van der Waals surface area contributed by atoms with Crippen LogP contribution in [0, 0.1) is 28.6 Å². The fourth-order valence-electron chi connectivity index (χ4n) is 10.6. The third-order valence-electron chi connectivity index (χ3n) is 12.7. The number of cyclic esters (lactones) is 1. The second-order valence-corrected chi connectivity index (χ2v) is 14.4. The van der Waals surface area contributed by atoms with Crippen molar-refractivity contribution in [2.75, 3.05) is 20.8 Å². The largest absolute Gasteiger partial charge is 0.458 e. The monoisotopic (exact) mass is 620 g/mol. The molecule has 5 fully saturated rings. The summed E-state index contributed by atoms with van der Waals surface area (Å²) in [4.78, 5) is 36.8. The Morgan fingerprint density at radius 1 is 1.00 bits per heavy atom. The van der Waals surface area contributed by atoms with E-state index >= 15 is 0 Å². The van der Waals surface area contributed by atoms with Gasteiger partial charge in [0.2, 0.25) is 0 Å². The molecule has 4 saturated carbocycles. The molecule has 0 spiro atoms. The highest BCUT2D eigenvalue weighted by molar-refractivity contribution is 5.85. The van der Waals surface area contributed by atoms with Gasteiger partial charge >= 0.3 is 11.9 Å². The average Bonchev–Trinajstić information content (AvgIpc) is 3.52. The van der Waals surface area contributed by atoms with E-state index in [9.17, 15) is 24.6 Å². The first-order chi connectivity index (χ1) is 20.9. The molecule has 13 atom stereocenters. The fourth-order valence-corrected chi connectivity index (χ4v) is 10.6. The molecule has 0 radical (unpaired) electrons. The number of fused-ring (bicyclic) bond motifs is 5. The highest BCUT2D eigenvalue weighted by Crippen LogP contribution is 2.70. The smallest absolute Gasteiger partial charge is 0.331 e. The number of methoxy groups -OCH3 is 2. The SMILES string of the molecule is CO[C@H]1[C@H](OC)[C@H](O[C@@H]2CC[C@]3(C=O)[C@H]4CC[C@]5(C)[C@@H](C6=CC(=O)OC6)CC[C@@]5(O)[C@@H]4CC[C@]3(O)C2)O[C@@H](C)[C@H]1OC(C)=O. The summed E-state index contributed by atoms with van der Waals surface area (Å²) in [7, 11) is 3.05. The summed E-state index contributed by atoms with van der Waals surface area (Å²) in [6.45, 7) is 5.55. The van der Waals surface area contributed by atoms with Crippen LogP contribution < -0.4 is 0 Å². The lowest BCUT2D eigenvalue weighted by Gasteiger charge is -2.65. The molecule has 11 heteroatoms. The number of esters is 2. The van der Waals surface area contributed by atoms with Gasteiger partial charge in [0.15, 0.2) is 12.4 Å². The molecule has 11 nitrogen and oxygen atoms in total. The Morgan fingerprint density at radius 2 is 1.73 bits per heavy atom. The topological polar surface area (TPSA) is 147 Å². The number of carbonyl (C=O) groups excluding carboxylic acids is 3. The second kappa shape index (κ2) is 11.4. The Hall–Kier alpha value is -1.89. The van der Waals surface area contributed by atoms with Crippen molar-refractivity contribution in [1.29, 1.82) is 0 Å². The number of hydrogen-bond acceptors (Lipinski definition) is 11. The molecular formula is C33H48O11. The molecule has 2 N–H and O–H groups in total. The Labute approximate surface area is 258 Å². The summed E-state index contributed by atoms with van der Waals surface area (Å²) in [6, 6.07) is 0. The van der Waals surface area contributed by atoms with E-state index in [4.69, 9.17) is 28.4 Å². The van der Waals surface area contributed by atoms with Gasteiger partial charge in [-0.3, -0.25) is 4.79 Å². The number of ether oxygens (including phenoxy) is 6. The molecular weight excluding hydrogens is 572 g/mol. The van der Waals surface area contributed by atoms with Crippen LogP contribution in [0.15, 0.2) is 11.6 Å². The van der Waals surface area contributed by atoms with Crippen LogP contribution in [0.4, 0.5) is 0 Å². The van der Waals surface area contributed by atoms with E-state index in [0.717, 1.165) is 24.7 Å². The van der Waals surface area contributed by atoms with Gasteiger partial charge in [0.1, 0.15) is 25.1 Å². The molecule has 246 valence electrons. The van der Waals surface area contributed by atoms with Crippen LogP contribution >= 0.6 is 0 Å². The zero-order valence-electron chi connectivity index (χ0n) is 26.5. The summed E-state index contributed by atoms with van der Waals surface area (Å²) in [6.07, 6.45) is 3.86. The molecule has 6 aliphatic rings. The van der Waals surface area contributed by atoms with E-state index in [-0.39, 0.29) is 36.8 Å². The fraction of sp³-hybridized carbons (Fsp3) is 0.848. The lowest BCUT2D eigenvalue weighted by atomic mass is 9.41. The van der Waals surface area contributed by atoms with E-state index in [1.54, 1.807) is 13.0 Å². The molecule has 0 aromatic heterocycles. The van der Waals surface area contributed by atoms with Crippen molar-refractivity contribution in [1.82, 2.24) is 0 Å². The minimum absolute atomic E-state index is 0.0556. The molecule has 2 heterocycles.